The fraction of sp³-hybridized carbons (Fsp3) is 0.304. The van der Waals surface area contributed by atoms with E-state index < -0.39 is 0 Å². The van der Waals surface area contributed by atoms with Gasteiger partial charge in [0, 0.05) is 17.8 Å². The Balaban J connectivity index is 1.49. The molecule has 156 valence electrons. The maximum atomic E-state index is 13.2. The Hall–Kier alpha value is -3.06. The van der Waals surface area contributed by atoms with Crippen LogP contribution in [-0.4, -0.2) is 40.3 Å². The molecule has 3 aromatic rings. The van der Waals surface area contributed by atoms with Crippen molar-refractivity contribution in [1.29, 1.82) is 0 Å². The second-order valence-electron chi connectivity index (χ2n) is 7.47. The van der Waals surface area contributed by atoms with Gasteiger partial charge in [0.05, 0.1) is 31.0 Å². The summed E-state index contributed by atoms with van der Waals surface area (Å²) >= 11 is 0. The maximum absolute atomic E-state index is 13.2. The van der Waals surface area contributed by atoms with E-state index in [1.807, 2.05) is 13.8 Å². The second-order valence-corrected chi connectivity index (χ2v) is 7.47. The molecule has 1 aromatic heterocycles. The smallest absolute Gasteiger partial charge is 0.227 e. The first kappa shape index (κ1) is 20.2. The van der Waals surface area contributed by atoms with Gasteiger partial charge in [-0.15, -0.1) is 0 Å². The third-order valence-corrected chi connectivity index (χ3v) is 5.50. The van der Waals surface area contributed by atoms with Crippen LogP contribution in [-0.2, 0) is 16.0 Å². The highest BCUT2D eigenvalue weighted by Crippen LogP contribution is 2.24. The van der Waals surface area contributed by atoms with Gasteiger partial charge in [-0.2, -0.15) is 5.10 Å². The Kier molecular flexibility index (Phi) is 5.63. The number of morpholine rings is 1. The van der Waals surface area contributed by atoms with Crippen molar-refractivity contribution in [3.63, 3.8) is 0 Å². The molecule has 1 saturated heterocycles. The minimum atomic E-state index is -0.307. The third-order valence-electron chi connectivity index (χ3n) is 5.50. The van der Waals surface area contributed by atoms with Crippen LogP contribution in [0.3, 0.4) is 0 Å². The van der Waals surface area contributed by atoms with Crippen molar-refractivity contribution < 1.29 is 18.3 Å². The topological polar surface area (TPSA) is 47.4 Å². The number of carbonyl (C=O) groups is 1. The van der Waals surface area contributed by atoms with E-state index in [2.05, 4.69) is 5.10 Å². The van der Waals surface area contributed by atoms with E-state index >= 15 is 0 Å². The van der Waals surface area contributed by atoms with Crippen LogP contribution in [0.5, 0.6) is 0 Å². The van der Waals surface area contributed by atoms with Gasteiger partial charge in [-0.05, 0) is 55.8 Å². The van der Waals surface area contributed by atoms with E-state index in [1.54, 1.807) is 33.8 Å². The van der Waals surface area contributed by atoms with Gasteiger partial charge in [0.15, 0.2) is 0 Å². The van der Waals surface area contributed by atoms with Crippen molar-refractivity contribution in [1.82, 2.24) is 14.7 Å². The number of hydrogen-bond acceptors (Lipinski definition) is 3. The maximum Gasteiger partial charge on any atom is 0.227 e. The number of aryl methyl sites for hydroxylation is 1. The molecule has 4 rings (SSSR count). The summed E-state index contributed by atoms with van der Waals surface area (Å²) < 4.78 is 33.9. The molecule has 1 atom stereocenters. The van der Waals surface area contributed by atoms with E-state index in [1.165, 1.54) is 24.3 Å². The number of nitrogens with zero attached hydrogens (tertiary/aromatic N) is 3. The van der Waals surface area contributed by atoms with Crippen molar-refractivity contribution in [3.8, 4) is 5.69 Å². The largest absolute Gasteiger partial charge is 0.370 e. The summed E-state index contributed by atoms with van der Waals surface area (Å²) in [7, 11) is 0. The second kappa shape index (κ2) is 8.36. The van der Waals surface area contributed by atoms with E-state index in [4.69, 9.17) is 4.74 Å². The van der Waals surface area contributed by atoms with Gasteiger partial charge < -0.3 is 9.64 Å². The van der Waals surface area contributed by atoms with Crippen molar-refractivity contribution in [2.24, 2.45) is 0 Å². The molecule has 1 amide bonds. The van der Waals surface area contributed by atoms with Crippen LogP contribution >= 0.6 is 0 Å². The van der Waals surface area contributed by atoms with E-state index in [0.29, 0.717) is 19.7 Å². The zero-order chi connectivity index (χ0) is 21.3. The highest BCUT2D eigenvalue weighted by molar-refractivity contribution is 5.79. The predicted molar refractivity (Wildman–Crippen MR) is 108 cm³/mol. The van der Waals surface area contributed by atoms with Crippen LogP contribution in [0.25, 0.3) is 5.69 Å². The molecule has 0 N–H and O–H groups in total. The lowest BCUT2D eigenvalue weighted by Crippen LogP contribution is -2.43. The summed E-state index contributed by atoms with van der Waals surface area (Å²) in [6.45, 7) is 5.15. The zero-order valence-electron chi connectivity index (χ0n) is 16.9. The molecule has 5 nitrogen and oxygen atoms in total. The van der Waals surface area contributed by atoms with Gasteiger partial charge in [-0.25, -0.2) is 13.5 Å². The lowest BCUT2D eigenvalue weighted by Gasteiger charge is -2.33. The number of rotatable bonds is 4. The van der Waals surface area contributed by atoms with E-state index in [9.17, 15) is 13.6 Å². The summed E-state index contributed by atoms with van der Waals surface area (Å²) in [6.07, 6.45) is -0.0397. The van der Waals surface area contributed by atoms with Gasteiger partial charge in [0.1, 0.15) is 17.7 Å². The summed E-state index contributed by atoms with van der Waals surface area (Å²) in [5.41, 5.74) is 4.10. The van der Waals surface area contributed by atoms with Crippen LogP contribution < -0.4 is 0 Å². The first-order valence-corrected chi connectivity index (χ1v) is 9.88. The molecule has 0 saturated carbocycles. The van der Waals surface area contributed by atoms with Crippen LogP contribution in [0.15, 0.2) is 48.5 Å². The SMILES string of the molecule is Cc1nn(-c2ccc(F)cc2)c(C)c1CC(=O)N1CCOC(c2ccc(F)cc2)C1. The number of carbonyl (C=O) groups excluding carboxylic acids is 1. The Morgan fingerprint density at radius 2 is 1.70 bits per heavy atom. The van der Waals surface area contributed by atoms with Crippen molar-refractivity contribution in [2.75, 3.05) is 19.7 Å². The third kappa shape index (κ3) is 4.11. The Bertz CT molecular complexity index is 1050. The minimum Gasteiger partial charge on any atom is -0.370 e. The van der Waals surface area contributed by atoms with Gasteiger partial charge in [0.25, 0.3) is 0 Å². The average Bonchev–Trinajstić information content (AvgIpc) is 3.03. The lowest BCUT2D eigenvalue weighted by atomic mass is 10.1. The minimum absolute atomic E-state index is 0.00438. The highest BCUT2D eigenvalue weighted by atomic mass is 19.1. The number of benzene rings is 2. The predicted octanol–water partition coefficient (Wildman–Crippen LogP) is 3.91. The van der Waals surface area contributed by atoms with E-state index in [0.717, 1.165) is 28.2 Å². The molecule has 2 heterocycles. The number of ether oxygens (including phenoxy) is 1. The number of aromatic nitrogens is 2. The molecule has 0 spiro atoms. The Labute approximate surface area is 173 Å². The normalized spacial score (nSPS) is 16.7. The zero-order valence-corrected chi connectivity index (χ0v) is 16.9. The molecule has 1 unspecified atom stereocenters. The van der Waals surface area contributed by atoms with Gasteiger partial charge >= 0.3 is 0 Å². The molecule has 1 aliphatic heterocycles. The summed E-state index contributed by atoms with van der Waals surface area (Å²) in [5.74, 6) is -0.611. The van der Waals surface area contributed by atoms with Crippen LogP contribution in [0.2, 0.25) is 0 Å². The number of amides is 1. The van der Waals surface area contributed by atoms with E-state index in [-0.39, 0.29) is 30.1 Å². The molecule has 30 heavy (non-hydrogen) atoms. The summed E-state index contributed by atoms with van der Waals surface area (Å²) in [5, 5.41) is 4.54. The van der Waals surface area contributed by atoms with Crippen molar-refractivity contribution >= 4 is 5.91 Å². The fourth-order valence-electron chi connectivity index (χ4n) is 3.78. The highest BCUT2D eigenvalue weighted by Gasteiger charge is 2.27. The van der Waals surface area contributed by atoms with Crippen molar-refractivity contribution in [3.05, 3.63) is 82.7 Å². The average molecular weight is 411 g/mol. The number of hydrogen-bond donors (Lipinski definition) is 0. The van der Waals surface area contributed by atoms with Gasteiger partial charge in [0.2, 0.25) is 5.91 Å². The van der Waals surface area contributed by atoms with Crippen LogP contribution in [0.1, 0.15) is 28.6 Å². The molecular weight excluding hydrogens is 388 g/mol. The Morgan fingerprint density at radius 3 is 2.37 bits per heavy atom. The lowest BCUT2D eigenvalue weighted by molar-refractivity contribution is -0.138. The fourth-order valence-corrected chi connectivity index (χ4v) is 3.78. The first-order chi connectivity index (χ1) is 14.4. The molecule has 1 fully saturated rings. The molecular formula is C23H23F2N3O2. The molecule has 7 heteroatoms. The first-order valence-electron chi connectivity index (χ1n) is 9.88. The molecule has 2 aromatic carbocycles. The van der Waals surface area contributed by atoms with Crippen LogP contribution in [0.4, 0.5) is 8.78 Å². The summed E-state index contributed by atoms with van der Waals surface area (Å²) in [4.78, 5) is 14.8. The van der Waals surface area contributed by atoms with Gasteiger partial charge in [-0.3, -0.25) is 4.79 Å². The standard InChI is InChI=1S/C23H23F2N3O2/c1-15-21(16(2)28(26-15)20-9-7-19(25)8-10-20)13-23(29)27-11-12-30-22(14-27)17-3-5-18(24)6-4-17/h3-10,22H,11-14H2,1-2H3. The van der Waals surface area contributed by atoms with Crippen LogP contribution in [0, 0.1) is 25.5 Å². The monoisotopic (exact) mass is 411 g/mol. The molecule has 0 bridgehead atoms. The Morgan fingerprint density at radius 1 is 1.07 bits per heavy atom. The quantitative estimate of drug-likeness (QED) is 0.654. The van der Waals surface area contributed by atoms with Crippen molar-refractivity contribution in [2.45, 2.75) is 26.4 Å². The number of halogens is 2. The molecule has 1 aliphatic rings. The van der Waals surface area contributed by atoms with Gasteiger partial charge in [-0.1, -0.05) is 12.1 Å². The summed E-state index contributed by atoms with van der Waals surface area (Å²) in [6, 6.07) is 12.3. The molecule has 0 radical (unpaired) electrons. The molecule has 0 aliphatic carbocycles.